The summed E-state index contributed by atoms with van der Waals surface area (Å²) in [4.78, 5) is 1.23. The van der Waals surface area contributed by atoms with Crippen molar-refractivity contribution in [2.45, 2.75) is 6.04 Å². The Morgan fingerprint density at radius 2 is 1.83 bits per heavy atom. The van der Waals surface area contributed by atoms with Crippen LogP contribution in [0.5, 0.6) is 0 Å². The predicted octanol–water partition coefficient (Wildman–Crippen LogP) is 5.59. The first-order valence-electron chi connectivity index (χ1n) is 7.14. The van der Waals surface area contributed by atoms with Crippen molar-refractivity contribution in [3.05, 3.63) is 87.0 Å². The SMILES string of the molecule is S=C(Nc1cccc(Br)c1)N[C@H](c1ccccc1)c1cccs1. The highest BCUT2D eigenvalue weighted by atomic mass is 79.9. The van der Waals surface area contributed by atoms with Crippen molar-refractivity contribution in [1.29, 1.82) is 0 Å². The van der Waals surface area contributed by atoms with Crippen molar-refractivity contribution in [3.63, 3.8) is 0 Å². The van der Waals surface area contributed by atoms with Crippen LogP contribution in [-0.4, -0.2) is 5.11 Å². The molecule has 0 unspecified atom stereocenters. The van der Waals surface area contributed by atoms with E-state index >= 15 is 0 Å². The molecule has 3 rings (SSSR count). The number of nitrogens with one attached hydrogen (secondary N) is 2. The van der Waals surface area contributed by atoms with Gasteiger partial charge in [-0.1, -0.05) is 58.4 Å². The standard InChI is InChI=1S/C18H15BrN2S2/c19-14-8-4-9-15(12-14)20-18(22)21-17(16-10-5-11-23-16)13-6-2-1-3-7-13/h1-12,17H,(H2,20,21,22)/t17-/m1/s1. The van der Waals surface area contributed by atoms with Crippen LogP contribution in [-0.2, 0) is 0 Å². The Hall–Kier alpha value is -1.69. The van der Waals surface area contributed by atoms with Crippen molar-refractivity contribution in [2.75, 3.05) is 5.32 Å². The van der Waals surface area contributed by atoms with Crippen molar-refractivity contribution in [1.82, 2.24) is 5.32 Å². The maximum atomic E-state index is 5.50. The smallest absolute Gasteiger partial charge is 0.171 e. The van der Waals surface area contributed by atoms with Crippen LogP contribution in [0.2, 0.25) is 0 Å². The molecule has 3 aromatic rings. The molecule has 0 amide bonds. The van der Waals surface area contributed by atoms with Crippen LogP contribution in [0.15, 0.2) is 76.6 Å². The second-order valence-corrected chi connectivity index (χ2v) is 7.27. The molecular formula is C18H15BrN2S2. The van der Waals surface area contributed by atoms with Gasteiger partial charge in [0.05, 0.1) is 6.04 Å². The molecule has 116 valence electrons. The average Bonchev–Trinajstić information content (AvgIpc) is 3.07. The molecule has 5 heteroatoms. The van der Waals surface area contributed by atoms with Crippen molar-refractivity contribution < 1.29 is 0 Å². The van der Waals surface area contributed by atoms with E-state index in [0.717, 1.165) is 10.2 Å². The molecule has 0 aliphatic heterocycles. The van der Waals surface area contributed by atoms with Gasteiger partial charge in [0, 0.05) is 15.0 Å². The molecule has 1 atom stereocenters. The molecule has 2 aromatic carbocycles. The highest BCUT2D eigenvalue weighted by molar-refractivity contribution is 9.10. The molecule has 0 bridgehead atoms. The van der Waals surface area contributed by atoms with Gasteiger partial charge in [0.1, 0.15) is 0 Å². The van der Waals surface area contributed by atoms with Crippen LogP contribution >= 0.6 is 39.5 Å². The Kier molecular flexibility index (Phi) is 5.43. The normalized spacial score (nSPS) is 11.7. The first-order chi connectivity index (χ1) is 11.2. The lowest BCUT2D eigenvalue weighted by atomic mass is 10.1. The number of benzene rings is 2. The molecule has 1 heterocycles. The van der Waals surface area contributed by atoms with Crippen molar-refractivity contribution >= 4 is 50.3 Å². The highest BCUT2D eigenvalue weighted by Gasteiger charge is 2.16. The minimum Gasteiger partial charge on any atom is -0.351 e. The van der Waals surface area contributed by atoms with E-state index in [1.165, 1.54) is 10.4 Å². The van der Waals surface area contributed by atoms with E-state index in [1.54, 1.807) is 11.3 Å². The van der Waals surface area contributed by atoms with Gasteiger partial charge < -0.3 is 10.6 Å². The quantitative estimate of drug-likeness (QED) is 0.556. The highest BCUT2D eigenvalue weighted by Crippen LogP contribution is 2.26. The number of thiophene rings is 1. The molecule has 0 aliphatic carbocycles. The van der Waals surface area contributed by atoms with Crippen molar-refractivity contribution in [3.8, 4) is 0 Å². The first kappa shape index (κ1) is 16.2. The lowest BCUT2D eigenvalue weighted by Gasteiger charge is -2.20. The zero-order valence-corrected chi connectivity index (χ0v) is 15.4. The molecule has 1 aromatic heterocycles. The fourth-order valence-electron chi connectivity index (χ4n) is 2.28. The van der Waals surface area contributed by atoms with Crippen LogP contribution in [0, 0.1) is 0 Å². The summed E-state index contributed by atoms with van der Waals surface area (Å²) in [6, 6.07) is 22.5. The molecule has 0 spiro atoms. The first-order valence-corrected chi connectivity index (χ1v) is 9.22. The average molecular weight is 403 g/mol. The van der Waals surface area contributed by atoms with Gasteiger partial charge in [-0.3, -0.25) is 0 Å². The van der Waals surface area contributed by atoms with Crippen LogP contribution < -0.4 is 10.6 Å². The van der Waals surface area contributed by atoms with E-state index in [-0.39, 0.29) is 6.04 Å². The van der Waals surface area contributed by atoms with Gasteiger partial charge in [0.2, 0.25) is 0 Å². The lowest BCUT2D eigenvalue weighted by molar-refractivity contribution is 0.784. The molecule has 0 aliphatic rings. The Bertz CT molecular complexity index is 773. The monoisotopic (exact) mass is 402 g/mol. The molecule has 0 saturated carbocycles. The van der Waals surface area contributed by atoms with Gasteiger partial charge in [0.15, 0.2) is 5.11 Å². The van der Waals surface area contributed by atoms with E-state index in [0.29, 0.717) is 5.11 Å². The Balaban J connectivity index is 1.77. The third kappa shape index (κ3) is 4.41. The second kappa shape index (κ2) is 7.73. The van der Waals surface area contributed by atoms with Gasteiger partial charge in [0.25, 0.3) is 0 Å². The van der Waals surface area contributed by atoms with Gasteiger partial charge in [-0.05, 0) is 47.4 Å². The number of anilines is 1. The van der Waals surface area contributed by atoms with E-state index in [2.05, 4.69) is 56.2 Å². The largest absolute Gasteiger partial charge is 0.351 e. The fourth-order valence-corrected chi connectivity index (χ4v) is 3.72. The Morgan fingerprint density at radius 1 is 1.00 bits per heavy atom. The van der Waals surface area contributed by atoms with Crippen molar-refractivity contribution in [2.24, 2.45) is 0 Å². The van der Waals surface area contributed by atoms with Crippen LogP contribution in [0.1, 0.15) is 16.5 Å². The molecule has 0 radical (unpaired) electrons. The summed E-state index contributed by atoms with van der Waals surface area (Å²) >= 11 is 10.7. The fraction of sp³-hybridized carbons (Fsp3) is 0.0556. The van der Waals surface area contributed by atoms with Gasteiger partial charge in [-0.2, -0.15) is 0 Å². The van der Waals surface area contributed by atoms with Crippen LogP contribution in [0.25, 0.3) is 0 Å². The molecule has 2 nitrogen and oxygen atoms in total. The lowest BCUT2D eigenvalue weighted by Crippen LogP contribution is -2.32. The summed E-state index contributed by atoms with van der Waals surface area (Å²) in [5.41, 5.74) is 2.14. The molecular weight excluding hydrogens is 388 g/mol. The van der Waals surface area contributed by atoms with E-state index < -0.39 is 0 Å². The third-order valence-corrected chi connectivity index (χ3v) is 4.97. The molecule has 0 fully saturated rings. The predicted molar refractivity (Wildman–Crippen MR) is 106 cm³/mol. The molecule has 23 heavy (non-hydrogen) atoms. The summed E-state index contributed by atoms with van der Waals surface area (Å²) in [6.45, 7) is 0. The molecule has 0 saturated heterocycles. The zero-order valence-electron chi connectivity index (χ0n) is 12.2. The zero-order chi connectivity index (χ0) is 16.1. The summed E-state index contributed by atoms with van der Waals surface area (Å²) in [5.74, 6) is 0. The summed E-state index contributed by atoms with van der Waals surface area (Å²) in [7, 11) is 0. The summed E-state index contributed by atoms with van der Waals surface area (Å²) in [6.07, 6.45) is 0. The van der Waals surface area contributed by atoms with Crippen LogP contribution in [0.3, 0.4) is 0 Å². The number of halogens is 1. The van der Waals surface area contributed by atoms with Gasteiger partial charge in [-0.15, -0.1) is 11.3 Å². The Morgan fingerprint density at radius 3 is 2.52 bits per heavy atom. The second-order valence-electron chi connectivity index (χ2n) is 4.97. The number of hydrogen-bond acceptors (Lipinski definition) is 2. The topological polar surface area (TPSA) is 24.1 Å². The maximum Gasteiger partial charge on any atom is 0.171 e. The Labute approximate surface area is 153 Å². The third-order valence-electron chi connectivity index (χ3n) is 3.32. The van der Waals surface area contributed by atoms with E-state index in [9.17, 15) is 0 Å². The van der Waals surface area contributed by atoms with Crippen LogP contribution in [0.4, 0.5) is 5.69 Å². The number of hydrogen-bond donors (Lipinski definition) is 2. The summed E-state index contributed by atoms with van der Waals surface area (Å²) in [5, 5.41) is 9.34. The minimum atomic E-state index is 0.0448. The van der Waals surface area contributed by atoms with E-state index in [4.69, 9.17) is 12.2 Å². The number of thiocarbonyl (C=S) groups is 1. The number of rotatable bonds is 4. The van der Waals surface area contributed by atoms with Gasteiger partial charge >= 0.3 is 0 Å². The minimum absolute atomic E-state index is 0.0448. The maximum absolute atomic E-state index is 5.50. The van der Waals surface area contributed by atoms with Gasteiger partial charge in [-0.25, -0.2) is 0 Å². The molecule has 2 N–H and O–H groups in total. The summed E-state index contributed by atoms with van der Waals surface area (Å²) < 4.78 is 1.02. The van der Waals surface area contributed by atoms with E-state index in [1.807, 2.05) is 42.5 Å².